The van der Waals surface area contributed by atoms with Crippen LogP contribution in [0, 0.1) is 29.6 Å². The van der Waals surface area contributed by atoms with Crippen LogP contribution in [0.5, 0.6) is 0 Å². The lowest BCUT2D eigenvalue weighted by Gasteiger charge is -2.33. The number of hydrogen-bond donors (Lipinski definition) is 3. The van der Waals surface area contributed by atoms with E-state index in [0.29, 0.717) is 57.4 Å². The van der Waals surface area contributed by atoms with Gasteiger partial charge in [0.1, 0.15) is 12.1 Å². The molecule has 3 unspecified atom stereocenters. The average molecular weight is 793 g/mol. The topological polar surface area (TPSA) is 159 Å². The summed E-state index contributed by atoms with van der Waals surface area (Å²) in [7, 11) is 1.57. The van der Waals surface area contributed by atoms with E-state index >= 15 is 0 Å². The smallest absolute Gasteiger partial charge is 0.246 e. The van der Waals surface area contributed by atoms with E-state index in [2.05, 4.69) is 41.9 Å². The molecular weight excluding hydrogens is 721 g/mol. The van der Waals surface area contributed by atoms with Crippen molar-refractivity contribution < 1.29 is 33.6 Å². The largest absolute Gasteiger partial charge is 0.359 e. The number of nitrogens with one attached hydrogen (secondary N) is 3. The molecule has 1 aliphatic heterocycles. The molecule has 2 fully saturated rings. The number of carbonyl (C=O) groups is 7. The van der Waals surface area contributed by atoms with Crippen LogP contribution in [0.4, 0.5) is 0 Å². The number of nitrogens with zero attached hydrogens (tertiary/aromatic N) is 1. The zero-order valence-corrected chi connectivity index (χ0v) is 35.9. The molecule has 11 nitrogen and oxygen atoms in total. The minimum atomic E-state index is -0.880. The molecular formula is C46H72N4O7. The molecule has 2 aliphatic rings. The Balaban J connectivity index is 1.62. The summed E-state index contributed by atoms with van der Waals surface area (Å²) in [6.07, 6.45) is 9.63. The normalized spacial score (nSPS) is 19.7. The second-order valence-electron chi connectivity index (χ2n) is 17.4. The molecule has 318 valence electrons. The van der Waals surface area contributed by atoms with Gasteiger partial charge in [0.2, 0.25) is 29.4 Å². The van der Waals surface area contributed by atoms with Crippen molar-refractivity contribution in [2.75, 3.05) is 13.6 Å². The van der Waals surface area contributed by atoms with Crippen LogP contribution in [0.25, 0.3) is 0 Å². The molecule has 1 aromatic carbocycles. The fraction of sp³-hybridized carbons (Fsp3) is 0.717. The summed E-state index contributed by atoms with van der Waals surface area (Å²) in [6.45, 7) is 12.1. The summed E-state index contributed by atoms with van der Waals surface area (Å²) in [5.74, 6) is -2.08. The first-order valence-corrected chi connectivity index (χ1v) is 21.9. The fourth-order valence-electron chi connectivity index (χ4n) is 8.75. The van der Waals surface area contributed by atoms with Crippen molar-refractivity contribution >= 4 is 41.0 Å². The first kappa shape index (κ1) is 47.5. The molecule has 1 heterocycles. The molecule has 3 rings (SSSR count). The van der Waals surface area contributed by atoms with Crippen molar-refractivity contribution in [2.45, 2.75) is 168 Å². The maximum atomic E-state index is 14.4. The quantitative estimate of drug-likeness (QED) is 0.0683. The Hall–Kier alpha value is -3.89. The van der Waals surface area contributed by atoms with Crippen LogP contribution < -0.4 is 16.0 Å². The van der Waals surface area contributed by atoms with Gasteiger partial charge in [-0.15, -0.1) is 0 Å². The summed E-state index contributed by atoms with van der Waals surface area (Å²) < 4.78 is 0. The van der Waals surface area contributed by atoms with Crippen LogP contribution in [0.2, 0.25) is 0 Å². The summed E-state index contributed by atoms with van der Waals surface area (Å²) >= 11 is 0. The van der Waals surface area contributed by atoms with E-state index in [1.165, 1.54) is 5.56 Å². The summed E-state index contributed by atoms with van der Waals surface area (Å²) in [4.78, 5) is 94.7. The molecule has 1 saturated carbocycles. The van der Waals surface area contributed by atoms with Crippen LogP contribution in [-0.4, -0.2) is 77.6 Å². The molecule has 0 spiro atoms. The molecule has 1 saturated heterocycles. The standard InChI is InChI=1S/C46H72N4O7/c1-8-9-19-34(44(55)38(52)26-15-18-32(6)33-20-11-10-12-21-33)22-17-25-37(51)43-36-24-16-23-35(36)29-50(43)46(57)42(31(4)5)49-45(56)41(30(2)3)48-40(54)28-14-13-27-39(53)47-7/h10-12,20-21,30-32,34-36,41-43H,8-9,13-19,22-29H2,1-7H3,(H,47,53)(H,48,54)(H,49,56)/t32-,34?,35+,36+,41+,42?,43?/m1/s1. The summed E-state index contributed by atoms with van der Waals surface area (Å²) in [6, 6.07) is 7.86. The van der Waals surface area contributed by atoms with E-state index in [0.717, 1.165) is 38.5 Å². The maximum absolute atomic E-state index is 14.4. The number of benzene rings is 1. The molecule has 0 aromatic heterocycles. The molecule has 11 heteroatoms. The molecule has 7 atom stereocenters. The number of amides is 4. The van der Waals surface area contributed by atoms with Gasteiger partial charge in [-0.25, -0.2) is 0 Å². The predicted molar refractivity (Wildman–Crippen MR) is 223 cm³/mol. The van der Waals surface area contributed by atoms with Crippen molar-refractivity contribution in [2.24, 2.45) is 29.6 Å². The van der Waals surface area contributed by atoms with Gasteiger partial charge in [0.05, 0.1) is 6.04 Å². The van der Waals surface area contributed by atoms with Crippen LogP contribution in [0.3, 0.4) is 0 Å². The highest BCUT2D eigenvalue weighted by molar-refractivity contribution is 6.37. The van der Waals surface area contributed by atoms with Gasteiger partial charge in [-0.05, 0) is 92.9 Å². The Kier molecular flexibility index (Phi) is 20.1. The number of carbonyl (C=O) groups excluding carboxylic acids is 7. The molecule has 0 bridgehead atoms. The van der Waals surface area contributed by atoms with Gasteiger partial charge in [-0.2, -0.15) is 0 Å². The van der Waals surface area contributed by atoms with Crippen LogP contribution in [0.1, 0.15) is 156 Å². The van der Waals surface area contributed by atoms with Crippen molar-refractivity contribution in [3.05, 3.63) is 35.9 Å². The first-order chi connectivity index (χ1) is 27.2. The lowest BCUT2D eigenvalue weighted by atomic mass is 9.86. The number of ketones is 3. The fourth-order valence-corrected chi connectivity index (χ4v) is 8.75. The Morgan fingerprint density at radius 2 is 1.35 bits per heavy atom. The van der Waals surface area contributed by atoms with E-state index in [4.69, 9.17) is 0 Å². The SMILES string of the molecule is CCCCC(CCCC(=O)C1[C@H]2CCC[C@H]2CN1C(=O)C(NC(=O)[C@@H](NC(=O)CCCCC(=O)NC)C(C)C)C(C)C)C(=O)C(=O)CCC[C@@H](C)c1ccccc1. The lowest BCUT2D eigenvalue weighted by Crippen LogP contribution is -2.58. The van der Waals surface area contributed by atoms with E-state index in [9.17, 15) is 33.6 Å². The lowest BCUT2D eigenvalue weighted by molar-refractivity contribution is -0.143. The first-order valence-electron chi connectivity index (χ1n) is 21.9. The molecule has 4 amide bonds. The molecule has 3 N–H and O–H groups in total. The van der Waals surface area contributed by atoms with Crippen molar-refractivity contribution in [1.82, 2.24) is 20.9 Å². The van der Waals surface area contributed by atoms with Crippen molar-refractivity contribution in [1.29, 1.82) is 0 Å². The van der Waals surface area contributed by atoms with Gasteiger partial charge in [0.15, 0.2) is 11.6 Å². The highest BCUT2D eigenvalue weighted by atomic mass is 16.2. The third kappa shape index (κ3) is 14.5. The zero-order chi connectivity index (χ0) is 42.1. The second kappa shape index (κ2) is 24.1. The summed E-state index contributed by atoms with van der Waals surface area (Å²) in [5.41, 5.74) is 1.22. The molecule has 1 aliphatic carbocycles. The van der Waals surface area contributed by atoms with Crippen LogP contribution >= 0.6 is 0 Å². The molecule has 0 radical (unpaired) electrons. The van der Waals surface area contributed by atoms with Gasteiger partial charge < -0.3 is 20.9 Å². The molecule has 57 heavy (non-hydrogen) atoms. The van der Waals surface area contributed by atoms with E-state index in [-0.39, 0.29) is 78.0 Å². The Morgan fingerprint density at radius 1 is 0.719 bits per heavy atom. The number of rotatable bonds is 26. The second-order valence-corrected chi connectivity index (χ2v) is 17.4. The van der Waals surface area contributed by atoms with Gasteiger partial charge in [0, 0.05) is 45.2 Å². The molecule has 1 aromatic rings. The Bertz CT molecular complexity index is 1490. The van der Waals surface area contributed by atoms with Crippen molar-refractivity contribution in [3.8, 4) is 0 Å². The van der Waals surface area contributed by atoms with Gasteiger partial charge >= 0.3 is 0 Å². The van der Waals surface area contributed by atoms with Gasteiger partial charge in [0.25, 0.3) is 0 Å². The van der Waals surface area contributed by atoms with Gasteiger partial charge in [-0.3, -0.25) is 33.6 Å². The zero-order valence-electron chi connectivity index (χ0n) is 35.9. The van der Waals surface area contributed by atoms with Gasteiger partial charge in [-0.1, -0.05) is 91.1 Å². The number of Topliss-reactive ketones (excluding diaryl/α,β-unsaturated/α-hetero) is 3. The third-order valence-corrected chi connectivity index (χ3v) is 12.3. The van der Waals surface area contributed by atoms with Crippen LogP contribution in [-0.2, 0) is 33.6 Å². The monoisotopic (exact) mass is 793 g/mol. The summed E-state index contributed by atoms with van der Waals surface area (Å²) in [5, 5.41) is 8.35. The highest BCUT2D eigenvalue weighted by Gasteiger charge is 2.50. The van der Waals surface area contributed by atoms with Crippen LogP contribution in [0.15, 0.2) is 30.3 Å². The average Bonchev–Trinajstić information content (AvgIpc) is 3.80. The number of likely N-dealkylation sites (tertiary alicyclic amines) is 1. The van der Waals surface area contributed by atoms with E-state index in [1.807, 2.05) is 45.9 Å². The predicted octanol–water partition coefficient (Wildman–Crippen LogP) is 6.86. The minimum Gasteiger partial charge on any atom is -0.359 e. The van der Waals surface area contributed by atoms with Crippen molar-refractivity contribution in [3.63, 3.8) is 0 Å². The number of fused-ring (bicyclic) bond motifs is 1. The minimum absolute atomic E-state index is 0.0155. The number of hydrogen-bond acceptors (Lipinski definition) is 7. The van der Waals surface area contributed by atoms with E-state index in [1.54, 1.807) is 11.9 Å². The number of unbranched alkanes of at least 4 members (excludes halogenated alkanes) is 2. The Morgan fingerprint density at radius 3 is 1.98 bits per heavy atom. The maximum Gasteiger partial charge on any atom is 0.246 e. The highest BCUT2D eigenvalue weighted by Crippen LogP contribution is 2.43. The van der Waals surface area contributed by atoms with E-state index < -0.39 is 30.0 Å². The Labute approximate surface area is 342 Å². The third-order valence-electron chi connectivity index (χ3n) is 12.3.